The van der Waals surface area contributed by atoms with Crippen LogP contribution >= 0.6 is 0 Å². The second-order valence-corrected chi connectivity index (χ2v) is 7.46. The van der Waals surface area contributed by atoms with Gasteiger partial charge in [0.25, 0.3) is 17.7 Å². The SMILES string of the molecule is CC(C)N1C(=O)c2ccc(C(=O)NCC(O)c3ccc4c(c3)OCCO4)cc2C1=O. The number of imide groups is 1. The van der Waals surface area contributed by atoms with E-state index in [9.17, 15) is 19.5 Å². The van der Waals surface area contributed by atoms with E-state index in [2.05, 4.69) is 5.32 Å². The summed E-state index contributed by atoms with van der Waals surface area (Å²) >= 11 is 0. The monoisotopic (exact) mass is 410 g/mol. The molecule has 0 saturated carbocycles. The molecule has 0 saturated heterocycles. The zero-order valence-corrected chi connectivity index (χ0v) is 16.7. The summed E-state index contributed by atoms with van der Waals surface area (Å²) in [6.45, 7) is 4.41. The molecular weight excluding hydrogens is 388 g/mol. The molecule has 0 aromatic heterocycles. The number of fused-ring (bicyclic) bond motifs is 2. The number of carbonyl (C=O) groups excluding carboxylic acids is 3. The van der Waals surface area contributed by atoms with Crippen molar-refractivity contribution in [2.24, 2.45) is 0 Å². The van der Waals surface area contributed by atoms with E-state index in [4.69, 9.17) is 9.47 Å². The van der Waals surface area contributed by atoms with Gasteiger partial charge in [-0.2, -0.15) is 0 Å². The number of hydrogen-bond acceptors (Lipinski definition) is 6. The van der Waals surface area contributed by atoms with Crippen molar-refractivity contribution in [2.45, 2.75) is 26.0 Å². The lowest BCUT2D eigenvalue weighted by Crippen LogP contribution is -2.35. The highest BCUT2D eigenvalue weighted by Crippen LogP contribution is 2.32. The molecule has 2 aliphatic heterocycles. The van der Waals surface area contributed by atoms with Gasteiger partial charge in [0.1, 0.15) is 13.2 Å². The fraction of sp³-hybridized carbons (Fsp3) is 0.318. The molecule has 3 amide bonds. The number of hydrogen-bond donors (Lipinski definition) is 2. The van der Waals surface area contributed by atoms with E-state index in [0.717, 1.165) is 0 Å². The molecule has 30 heavy (non-hydrogen) atoms. The lowest BCUT2D eigenvalue weighted by Gasteiger charge is -2.20. The van der Waals surface area contributed by atoms with Crippen LogP contribution in [-0.2, 0) is 0 Å². The Balaban J connectivity index is 1.44. The minimum Gasteiger partial charge on any atom is -0.486 e. The van der Waals surface area contributed by atoms with Crippen molar-refractivity contribution in [3.05, 3.63) is 58.7 Å². The first kappa shape index (κ1) is 19.9. The maximum Gasteiger partial charge on any atom is 0.261 e. The summed E-state index contributed by atoms with van der Waals surface area (Å²) in [5.74, 6) is -0.0331. The van der Waals surface area contributed by atoms with Crippen LogP contribution in [0.25, 0.3) is 0 Å². The zero-order valence-electron chi connectivity index (χ0n) is 16.7. The van der Waals surface area contributed by atoms with Crippen LogP contribution in [-0.4, -0.2) is 53.5 Å². The van der Waals surface area contributed by atoms with Crippen LogP contribution in [0.1, 0.15) is 56.6 Å². The van der Waals surface area contributed by atoms with Crippen molar-refractivity contribution in [3.8, 4) is 11.5 Å². The predicted molar refractivity (Wildman–Crippen MR) is 107 cm³/mol. The normalized spacial score (nSPS) is 15.9. The third kappa shape index (κ3) is 3.50. The molecular formula is C22H22N2O6. The third-order valence-electron chi connectivity index (χ3n) is 5.10. The number of ether oxygens (including phenoxy) is 2. The first-order valence-corrected chi connectivity index (χ1v) is 9.74. The summed E-state index contributed by atoms with van der Waals surface area (Å²) in [7, 11) is 0. The van der Waals surface area contributed by atoms with Gasteiger partial charge in [-0.3, -0.25) is 19.3 Å². The molecule has 2 aromatic rings. The highest BCUT2D eigenvalue weighted by atomic mass is 16.6. The maximum absolute atomic E-state index is 12.5. The molecule has 1 atom stereocenters. The molecule has 0 fully saturated rings. The molecule has 156 valence electrons. The standard InChI is InChI=1S/C22H22N2O6/c1-12(2)24-21(27)15-5-3-14(9-16(15)22(24)28)20(26)23-11-17(25)13-4-6-18-19(10-13)30-8-7-29-18/h3-6,9-10,12,17,25H,7-8,11H2,1-2H3,(H,23,26). The summed E-state index contributed by atoms with van der Waals surface area (Å²) in [5, 5.41) is 13.1. The van der Waals surface area contributed by atoms with Crippen molar-refractivity contribution in [1.82, 2.24) is 10.2 Å². The Hall–Kier alpha value is -3.39. The zero-order chi connectivity index (χ0) is 21.4. The number of nitrogens with zero attached hydrogens (tertiary/aromatic N) is 1. The van der Waals surface area contributed by atoms with Crippen LogP contribution in [0, 0.1) is 0 Å². The van der Waals surface area contributed by atoms with E-state index in [-0.39, 0.29) is 29.6 Å². The molecule has 2 aliphatic rings. The largest absolute Gasteiger partial charge is 0.486 e. The lowest BCUT2D eigenvalue weighted by atomic mass is 10.0. The van der Waals surface area contributed by atoms with Crippen molar-refractivity contribution < 1.29 is 29.0 Å². The van der Waals surface area contributed by atoms with Crippen molar-refractivity contribution >= 4 is 17.7 Å². The highest BCUT2D eigenvalue weighted by Gasteiger charge is 2.37. The summed E-state index contributed by atoms with van der Waals surface area (Å²) in [4.78, 5) is 38.6. The Kier molecular flexibility index (Phi) is 5.17. The molecule has 8 heteroatoms. The Morgan fingerprint density at radius 2 is 1.73 bits per heavy atom. The third-order valence-corrected chi connectivity index (χ3v) is 5.10. The number of nitrogens with one attached hydrogen (secondary N) is 1. The quantitative estimate of drug-likeness (QED) is 0.730. The van der Waals surface area contributed by atoms with Gasteiger partial charge in [0, 0.05) is 18.2 Å². The summed E-state index contributed by atoms with van der Waals surface area (Å²) in [6.07, 6.45) is -0.946. The molecule has 0 spiro atoms. The van der Waals surface area contributed by atoms with Gasteiger partial charge in [0.15, 0.2) is 11.5 Å². The predicted octanol–water partition coefficient (Wildman–Crippen LogP) is 1.93. The van der Waals surface area contributed by atoms with Gasteiger partial charge in [-0.05, 0) is 49.7 Å². The van der Waals surface area contributed by atoms with Crippen LogP contribution in [0.5, 0.6) is 11.5 Å². The number of aliphatic hydroxyl groups is 1. The molecule has 0 aliphatic carbocycles. The topological polar surface area (TPSA) is 105 Å². The molecule has 4 rings (SSSR count). The minimum absolute atomic E-state index is 0.0272. The van der Waals surface area contributed by atoms with Gasteiger partial charge in [0.05, 0.1) is 17.2 Å². The molecule has 2 heterocycles. The van der Waals surface area contributed by atoms with Gasteiger partial charge in [0.2, 0.25) is 0 Å². The number of aliphatic hydroxyl groups excluding tert-OH is 1. The van der Waals surface area contributed by atoms with E-state index in [1.54, 1.807) is 32.0 Å². The van der Waals surface area contributed by atoms with Crippen molar-refractivity contribution in [1.29, 1.82) is 0 Å². The second-order valence-electron chi connectivity index (χ2n) is 7.46. The first-order chi connectivity index (χ1) is 14.4. The smallest absolute Gasteiger partial charge is 0.261 e. The van der Waals surface area contributed by atoms with Gasteiger partial charge in [-0.15, -0.1) is 0 Å². The number of carbonyl (C=O) groups is 3. The van der Waals surface area contributed by atoms with E-state index in [1.807, 2.05) is 0 Å². The summed E-state index contributed by atoms with van der Waals surface area (Å²) in [6, 6.07) is 9.26. The number of benzene rings is 2. The van der Waals surface area contributed by atoms with Gasteiger partial charge in [-0.1, -0.05) is 6.07 Å². The van der Waals surface area contributed by atoms with E-state index >= 15 is 0 Å². The lowest BCUT2D eigenvalue weighted by molar-refractivity contribution is 0.0609. The van der Waals surface area contributed by atoms with Crippen LogP contribution < -0.4 is 14.8 Å². The van der Waals surface area contributed by atoms with Crippen molar-refractivity contribution in [3.63, 3.8) is 0 Å². The molecule has 2 aromatic carbocycles. The average molecular weight is 410 g/mol. The van der Waals surface area contributed by atoms with Crippen molar-refractivity contribution in [2.75, 3.05) is 19.8 Å². The Morgan fingerprint density at radius 1 is 1.03 bits per heavy atom. The molecule has 1 unspecified atom stereocenters. The minimum atomic E-state index is -0.946. The molecule has 2 N–H and O–H groups in total. The van der Waals surface area contributed by atoms with Crippen LogP contribution in [0.4, 0.5) is 0 Å². The Morgan fingerprint density at radius 3 is 2.47 bits per heavy atom. The van der Waals surface area contributed by atoms with Crippen LogP contribution in [0.3, 0.4) is 0 Å². The van der Waals surface area contributed by atoms with E-state index in [1.165, 1.54) is 23.1 Å². The maximum atomic E-state index is 12.5. The summed E-state index contributed by atoms with van der Waals surface area (Å²) < 4.78 is 11.0. The van der Waals surface area contributed by atoms with Gasteiger partial charge in [-0.25, -0.2) is 0 Å². The first-order valence-electron chi connectivity index (χ1n) is 9.74. The van der Waals surface area contributed by atoms with Gasteiger partial charge < -0.3 is 19.9 Å². The molecule has 8 nitrogen and oxygen atoms in total. The Bertz CT molecular complexity index is 1030. The highest BCUT2D eigenvalue weighted by molar-refractivity contribution is 6.22. The Labute approximate surface area is 173 Å². The van der Waals surface area contributed by atoms with Gasteiger partial charge >= 0.3 is 0 Å². The van der Waals surface area contributed by atoms with E-state index < -0.39 is 17.9 Å². The second kappa shape index (κ2) is 7.79. The fourth-order valence-corrected chi connectivity index (χ4v) is 3.55. The molecule has 0 radical (unpaired) electrons. The fourth-order valence-electron chi connectivity index (χ4n) is 3.55. The number of rotatable bonds is 5. The molecule has 0 bridgehead atoms. The summed E-state index contributed by atoms with van der Waals surface area (Å²) in [5.41, 5.74) is 1.34. The van der Waals surface area contributed by atoms with E-state index in [0.29, 0.717) is 35.8 Å². The van der Waals surface area contributed by atoms with Crippen LogP contribution in [0.15, 0.2) is 36.4 Å². The van der Waals surface area contributed by atoms with Crippen LogP contribution in [0.2, 0.25) is 0 Å². The number of amides is 3. The average Bonchev–Trinajstić information content (AvgIpc) is 3.01.